The number of methoxy groups -OCH3 is 1. The zero-order chi connectivity index (χ0) is 38.7. The summed E-state index contributed by atoms with van der Waals surface area (Å²) in [7, 11) is 1.66. The van der Waals surface area contributed by atoms with Crippen LogP contribution in [0.25, 0.3) is 27.8 Å². The van der Waals surface area contributed by atoms with Crippen molar-refractivity contribution in [1.29, 1.82) is 0 Å². The lowest BCUT2D eigenvalue weighted by molar-refractivity contribution is -0.155. The first-order valence-electron chi connectivity index (χ1n) is 18.3. The summed E-state index contributed by atoms with van der Waals surface area (Å²) in [6.45, 7) is 20.7. The summed E-state index contributed by atoms with van der Waals surface area (Å²) in [6, 6.07) is 4.29. The Kier molecular flexibility index (Phi) is 12.0. The van der Waals surface area contributed by atoms with Gasteiger partial charge in [-0.15, -0.1) is 0 Å². The van der Waals surface area contributed by atoms with Crippen molar-refractivity contribution in [1.82, 2.24) is 25.3 Å². The number of aromatic nitrogens is 2. The Balaban J connectivity index is 1.70. The Hall–Kier alpha value is -4.75. The maximum Gasteiger partial charge on any atom is 0.408 e. The SMILES string of the molecule is C=C/C(=C(\N=C/C)[C@H](C)OC)c1c2c3cc(ccc3n1CC)-c1cnc(o1)C[C@H](NC(=O)OC(C)(C)C)C(=O)N1CCC[C@H](N1)C(=O)OCC(C)(C)C2. The molecule has 2 aliphatic rings. The van der Waals surface area contributed by atoms with Crippen LogP contribution in [0.15, 0.2) is 52.2 Å². The Morgan fingerprint density at radius 1 is 1.28 bits per heavy atom. The lowest BCUT2D eigenvalue weighted by Gasteiger charge is -2.35. The molecular formula is C40H54N6O7. The summed E-state index contributed by atoms with van der Waals surface area (Å²) < 4.78 is 25.8. The van der Waals surface area contributed by atoms with Gasteiger partial charge in [-0.1, -0.05) is 26.5 Å². The van der Waals surface area contributed by atoms with Crippen LogP contribution in [0.3, 0.4) is 0 Å². The molecule has 2 amide bonds. The maximum atomic E-state index is 14.0. The highest BCUT2D eigenvalue weighted by Gasteiger charge is 2.36. The minimum atomic E-state index is -1.09. The van der Waals surface area contributed by atoms with Gasteiger partial charge in [0.1, 0.15) is 17.7 Å². The van der Waals surface area contributed by atoms with E-state index < -0.39 is 41.1 Å². The van der Waals surface area contributed by atoms with E-state index in [-0.39, 0.29) is 25.0 Å². The lowest BCUT2D eigenvalue weighted by Crippen LogP contribution is -2.60. The highest BCUT2D eigenvalue weighted by molar-refractivity contribution is 5.95. The monoisotopic (exact) mass is 730 g/mol. The minimum Gasteiger partial charge on any atom is -0.464 e. The van der Waals surface area contributed by atoms with Gasteiger partial charge in [0.05, 0.1) is 36.7 Å². The fraction of sp³-hybridized carbons (Fsp3) is 0.525. The number of hydrogen-bond donors (Lipinski definition) is 2. The number of carbonyl (C=O) groups excluding carboxylic acids is 3. The van der Waals surface area contributed by atoms with Crippen molar-refractivity contribution in [2.75, 3.05) is 20.3 Å². The van der Waals surface area contributed by atoms with Gasteiger partial charge in [-0.25, -0.2) is 15.2 Å². The Morgan fingerprint density at radius 3 is 2.70 bits per heavy atom. The van der Waals surface area contributed by atoms with Crippen molar-refractivity contribution in [3.63, 3.8) is 0 Å². The highest BCUT2D eigenvalue weighted by Crippen LogP contribution is 2.40. The number of hydrogen-bond acceptors (Lipinski definition) is 10. The normalized spacial score (nSPS) is 20.8. The molecule has 1 aromatic carbocycles. The molecule has 5 rings (SSSR count). The summed E-state index contributed by atoms with van der Waals surface area (Å²) in [6.07, 6.45) is 5.70. The number of allylic oxidation sites excluding steroid dienone is 2. The molecule has 286 valence electrons. The second-order valence-electron chi connectivity index (χ2n) is 15.4. The molecule has 0 unspecified atom stereocenters. The number of cyclic esters (lactones) is 1. The van der Waals surface area contributed by atoms with Gasteiger partial charge in [-0.05, 0) is 84.6 Å². The molecule has 0 saturated carbocycles. The van der Waals surface area contributed by atoms with Crippen LogP contribution in [0.4, 0.5) is 4.79 Å². The van der Waals surface area contributed by atoms with Gasteiger partial charge >= 0.3 is 12.1 Å². The minimum absolute atomic E-state index is 0.0463. The van der Waals surface area contributed by atoms with Crippen molar-refractivity contribution in [3.05, 3.63) is 59.9 Å². The number of esters is 1. The molecular weight excluding hydrogens is 676 g/mol. The van der Waals surface area contributed by atoms with E-state index in [4.69, 9.17) is 23.6 Å². The second kappa shape index (κ2) is 16.1. The smallest absolute Gasteiger partial charge is 0.408 e. The van der Waals surface area contributed by atoms with Gasteiger partial charge in [-0.2, -0.15) is 0 Å². The van der Waals surface area contributed by atoms with Crippen LogP contribution in [0.1, 0.15) is 85.4 Å². The molecule has 1 saturated heterocycles. The predicted molar refractivity (Wildman–Crippen MR) is 204 cm³/mol. The van der Waals surface area contributed by atoms with E-state index in [0.717, 1.165) is 39.0 Å². The molecule has 4 heterocycles. The first kappa shape index (κ1) is 39.5. The molecule has 3 atom stereocenters. The number of aryl methyl sites for hydroxylation is 1. The number of oxazole rings is 1. The van der Waals surface area contributed by atoms with Crippen molar-refractivity contribution >= 4 is 40.7 Å². The van der Waals surface area contributed by atoms with Crippen molar-refractivity contribution in [3.8, 4) is 11.3 Å². The lowest BCUT2D eigenvalue weighted by atomic mass is 9.84. The van der Waals surface area contributed by atoms with Gasteiger partial charge in [0.2, 0.25) is 0 Å². The zero-order valence-corrected chi connectivity index (χ0v) is 32.5. The number of fused-ring (bicyclic) bond motifs is 6. The first-order valence-corrected chi connectivity index (χ1v) is 18.3. The summed E-state index contributed by atoms with van der Waals surface area (Å²) in [4.78, 5) is 49.8. The third-order valence-corrected chi connectivity index (χ3v) is 9.43. The maximum absolute atomic E-state index is 14.0. The van der Waals surface area contributed by atoms with E-state index in [9.17, 15) is 14.4 Å². The number of carbonyl (C=O) groups is 3. The summed E-state index contributed by atoms with van der Waals surface area (Å²) in [5, 5.41) is 5.07. The third kappa shape index (κ3) is 8.90. The summed E-state index contributed by atoms with van der Waals surface area (Å²) in [5.74, 6) is -0.139. The van der Waals surface area contributed by atoms with Crippen LogP contribution in [-0.4, -0.2) is 82.8 Å². The summed E-state index contributed by atoms with van der Waals surface area (Å²) >= 11 is 0. The first-order chi connectivity index (χ1) is 25.1. The van der Waals surface area contributed by atoms with Crippen LogP contribution < -0.4 is 10.7 Å². The van der Waals surface area contributed by atoms with Crippen LogP contribution in [0.5, 0.6) is 0 Å². The van der Waals surface area contributed by atoms with E-state index >= 15 is 0 Å². The topological polar surface area (TPSA) is 150 Å². The second-order valence-corrected chi connectivity index (χ2v) is 15.4. The number of rotatable bonds is 7. The summed E-state index contributed by atoms with van der Waals surface area (Å²) in [5.41, 5.74) is 7.16. The number of alkyl carbamates (subject to hydrolysis) is 1. The largest absolute Gasteiger partial charge is 0.464 e. The number of nitrogens with zero attached hydrogens (tertiary/aromatic N) is 4. The van der Waals surface area contributed by atoms with Crippen LogP contribution in [0.2, 0.25) is 0 Å². The van der Waals surface area contributed by atoms with Crippen LogP contribution in [-0.2, 0) is 43.2 Å². The predicted octanol–water partition coefficient (Wildman–Crippen LogP) is 6.40. The molecule has 3 aromatic rings. The highest BCUT2D eigenvalue weighted by atomic mass is 16.6. The standard InChI is InChI=1S/C40H54N6O7/c1-11-26(34(41-12-2)24(4)50-10)35-28-21-40(8,9)23-51-37(48)29-15-14-18-46(44-29)36(47)30(43-38(49)53-39(5,6)7)20-33-42-22-32(52-33)25-16-17-31(27(28)19-25)45(35)13-3/h11-12,16-17,19,22,24,29-30,44H,1,13-15,18,20-21,23H2,2-10H3,(H,43,49)/b34-26+,41-12-/t24-,29-,30-/m0/s1. The molecule has 13 nitrogen and oxygen atoms in total. The van der Waals surface area contributed by atoms with E-state index in [1.807, 2.05) is 26.0 Å². The molecule has 6 bridgehead atoms. The fourth-order valence-electron chi connectivity index (χ4n) is 6.92. The molecule has 53 heavy (non-hydrogen) atoms. The molecule has 2 aliphatic heterocycles. The number of amides is 2. The van der Waals surface area contributed by atoms with E-state index in [2.05, 4.69) is 59.8 Å². The van der Waals surface area contributed by atoms with Crippen molar-refractivity contribution in [2.45, 2.75) is 111 Å². The fourth-order valence-corrected chi connectivity index (χ4v) is 6.92. The zero-order valence-electron chi connectivity index (χ0n) is 32.5. The number of ether oxygens (including phenoxy) is 3. The molecule has 2 N–H and O–H groups in total. The van der Waals surface area contributed by atoms with Gasteiger partial charge in [0.15, 0.2) is 11.7 Å². The van der Waals surface area contributed by atoms with E-state index in [0.29, 0.717) is 38.1 Å². The van der Waals surface area contributed by atoms with Crippen molar-refractivity contribution in [2.24, 2.45) is 10.4 Å². The molecule has 0 spiro atoms. The Labute approximate surface area is 311 Å². The van der Waals surface area contributed by atoms with Gasteiger partial charge < -0.3 is 28.5 Å². The molecule has 0 aliphatic carbocycles. The van der Waals surface area contributed by atoms with Crippen molar-refractivity contribution < 1.29 is 33.0 Å². The quantitative estimate of drug-likeness (QED) is 0.160. The number of hydrazine groups is 1. The number of benzene rings is 1. The van der Waals surface area contributed by atoms with Crippen LogP contribution >= 0.6 is 0 Å². The molecule has 13 heteroatoms. The molecule has 1 fully saturated rings. The Bertz CT molecular complexity index is 1910. The van der Waals surface area contributed by atoms with E-state index in [1.165, 1.54) is 5.01 Å². The van der Waals surface area contributed by atoms with Crippen LogP contribution in [0, 0.1) is 5.41 Å². The molecule has 2 aromatic heterocycles. The average Bonchev–Trinajstić information content (AvgIpc) is 3.70. The third-order valence-electron chi connectivity index (χ3n) is 9.43. The average molecular weight is 731 g/mol. The molecule has 0 radical (unpaired) electrons. The van der Waals surface area contributed by atoms with Gasteiger partial charge in [0.25, 0.3) is 5.91 Å². The number of nitrogens with one attached hydrogen (secondary N) is 2. The number of aliphatic imine (C=N–C) groups is 1. The van der Waals surface area contributed by atoms with Gasteiger partial charge in [-0.3, -0.25) is 19.6 Å². The Morgan fingerprint density at radius 2 is 2.04 bits per heavy atom. The van der Waals surface area contributed by atoms with E-state index in [1.54, 1.807) is 40.3 Å². The van der Waals surface area contributed by atoms with Gasteiger partial charge in [0, 0.05) is 53.9 Å².